The molecule has 1 heterocycles. The molecule has 18 heavy (non-hydrogen) atoms. The highest BCUT2D eigenvalue weighted by molar-refractivity contribution is 8.00. The Bertz CT molecular complexity index is 222. The maximum Gasteiger partial charge on any atom is 0.0897 e. The molecule has 2 N–H and O–H groups in total. The molecular formula is C13H27NO3S. The second-order valence-corrected chi connectivity index (χ2v) is 6.97. The molecule has 0 bridgehead atoms. The minimum absolute atomic E-state index is 0.0348. The Morgan fingerprint density at radius 3 is 2.83 bits per heavy atom. The topological polar surface area (TPSA) is 50.7 Å². The normalized spacial score (nSPS) is 27.3. The highest BCUT2D eigenvalue weighted by Crippen LogP contribution is 2.36. The molecule has 4 nitrogen and oxygen atoms in total. The summed E-state index contributed by atoms with van der Waals surface area (Å²) in [5, 5.41) is 13.1. The van der Waals surface area contributed by atoms with Gasteiger partial charge in [0, 0.05) is 24.9 Å². The number of rotatable bonds is 9. The van der Waals surface area contributed by atoms with E-state index in [1.807, 2.05) is 18.7 Å². The number of hydrogen-bond donors (Lipinski definition) is 2. The molecule has 1 aliphatic heterocycles. The van der Waals surface area contributed by atoms with E-state index < -0.39 is 6.10 Å². The van der Waals surface area contributed by atoms with E-state index in [0.717, 1.165) is 6.54 Å². The number of aliphatic hydroxyl groups is 1. The van der Waals surface area contributed by atoms with E-state index in [9.17, 15) is 5.11 Å². The number of nitrogens with one attached hydrogen (secondary N) is 1. The van der Waals surface area contributed by atoms with Gasteiger partial charge in [-0.05, 0) is 32.4 Å². The zero-order valence-electron chi connectivity index (χ0n) is 11.8. The minimum Gasteiger partial charge on any atom is -0.389 e. The van der Waals surface area contributed by atoms with Crippen LogP contribution >= 0.6 is 11.8 Å². The number of hydrogen-bond acceptors (Lipinski definition) is 5. The van der Waals surface area contributed by atoms with Crippen molar-refractivity contribution in [2.75, 3.05) is 39.2 Å². The third kappa shape index (κ3) is 6.38. The summed E-state index contributed by atoms with van der Waals surface area (Å²) < 4.78 is 10.8. The van der Waals surface area contributed by atoms with Gasteiger partial charge in [0.15, 0.2) is 0 Å². The lowest BCUT2D eigenvalue weighted by molar-refractivity contribution is -0.0311. The van der Waals surface area contributed by atoms with E-state index in [2.05, 4.69) is 12.2 Å². The van der Waals surface area contributed by atoms with Crippen LogP contribution in [0.4, 0.5) is 0 Å². The summed E-state index contributed by atoms with van der Waals surface area (Å²) in [6, 6.07) is 0. The highest BCUT2D eigenvalue weighted by atomic mass is 32.2. The summed E-state index contributed by atoms with van der Waals surface area (Å²) in [4.78, 5) is 0. The van der Waals surface area contributed by atoms with E-state index in [-0.39, 0.29) is 6.10 Å². The van der Waals surface area contributed by atoms with E-state index >= 15 is 0 Å². The smallest absolute Gasteiger partial charge is 0.0897 e. The van der Waals surface area contributed by atoms with Crippen molar-refractivity contribution >= 4 is 11.8 Å². The molecule has 5 heteroatoms. The van der Waals surface area contributed by atoms with E-state index in [4.69, 9.17) is 9.47 Å². The summed E-state index contributed by atoms with van der Waals surface area (Å²) in [7, 11) is 1.65. The lowest BCUT2D eigenvalue weighted by atomic mass is 10.1. The molecule has 0 saturated carbocycles. The number of aliphatic hydroxyl groups excluding tert-OH is 1. The van der Waals surface area contributed by atoms with Gasteiger partial charge in [-0.1, -0.05) is 0 Å². The fraction of sp³-hybridized carbons (Fsp3) is 1.00. The molecule has 0 aromatic rings. The van der Waals surface area contributed by atoms with E-state index in [0.29, 0.717) is 24.5 Å². The van der Waals surface area contributed by atoms with Gasteiger partial charge in [0.05, 0.1) is 25.4 Å². The fourth-order valence-electron chi connectivity index (χ4n) is 2.10. The summed E-state index contributed by atoms with van der Waals surface area (Å²) in [5.41, 5.74) is 0. The first-order valence-corrected chi connectivity index (χ1v) is 7.67. The van der Waals surface area contributed by atoms with Gasteiger partial charge >= 0.3 is 0 Å². The summed E-state index contributed by atoms with van der Waals surface area (Å²) in [6.07, 6.45) is 2.16. The van der Waals surface area contributed by atoms with Crippen LogP contribution in [0.1, 0.15) is 26.7 Å². The Morgan fingerprint density at radius 1 is 1.44 bits per heavy atom. The molecule has 3 unspecified atom stereocenters. The van der Waals surface area contributed by atoms with Crippen LogP contribution in [-0.2, 0) is 9.47 Å². The lowest BCUT2D eigenvalue weighted by Gasteiger charge is -2.24. The van der Waals surface area contributed by atoms with Crippen molar-refractivity contribution in [2.45, 2.75) is 43.6 Å². The maximum absolute atomic E-state index is 9.79. The van der Waals surface area contributed by atoms with Gasteiger partial charge in [-0.3, -0.25) is 0 Å². The standard InChI is InChI=1S/C13H27NO3S/c1-11(8-16-3)17-9-12(15)7-14-10-13(2)5-4-6-18-13/h11-12,14-15H,4-10H2,1-3H3. The Hall–Kier alpha value is 0.190. The van der Waals surface area contributed by atoms with Gasteiger partial charge in [0.1, 0.15) is 0 Å². The van der Waals surface area contributed by atoms with Crippen LogP contribution in [0.25, 0.3) is 0 Å². The fourth-order valence-corrected chi connectivity index (χ4v) is 3.37. The molecule has 0 radical (unpaired) electrons. The molecule has 0 amide bonds. The molecule has 0 aromatic carbocycles. The maximum atomic E-state index is 9.79. The van der Waals surface area contributed by atoms with Crippen LogP contribution in [0.5, 0.6) is 0 Å². The number of thioether (sulfide) groups is 1. The van der Waals surface area contributed by atoms with Crippen LogP contribution in [0.15, 0.2) is 0 Å². The Labute approximate surface area is 115 Å². The van der Waals surface area contributed by atoms with Crippen molar-refractivity contribution in [3.63, 3.8) is 0 Å². The van der Waals surface area contributed by atoms with Crippen LogP contribution in [0, 0.1) is 0 Å². The van der Waals surface area contributed by atoms with Gasteiger partial charge in [-0.25, -0.2) is 0 Å². The number of methoxy groups -OCH3 is 1. The zero-order chi connectivity index (χ0) is 13.4. The average molecular weight is 277 g/mol. The molecule has 1 saturated heterocycles. The second-order valence-electron chi connectivity index (χ2n) is 5.29. The zero-order valence-corrected chi connectivity index (χ0v) is 12.6. The molecule has 1 aliphatic rings. The summed E-state index contributed by atoms with van der Waals surface area (Å²) in [6.45, 7) is 6.72. The van der Waals surface area contributed by atoms with Gasteiger partial charge in [-0.2, -0.15) is 11.8 Å². The highest BCUT2D eigenvalue weighted by Gasteiger charge is 2.28. The first-order chi connectivity index (χ1) is 8.56. The van der Waals surface area contributed by atoms with Crippen molar-refractivity contribution in [2.24, 2.45) is 0 Å². The molecule has 0 aromatic heterocycles. The van der Waals surface area contributed by atoms with Gasteiger partial charge in [0.25, 0.3) is 0 Å². The Balaban J connectivity index is 2.04. The Morgan fingerprint density at radius 2 is 2.22 bits per heavy atom. The molecule has 0 spiro atoms. The van der Waals surface area contributed by atoms with Gasteiger partial charge in [-0.15, -0.1) is 0 Å². The Kier molecular flexibility index (Phi) is 7.56. The van der Waals surface area contributed by atoms with Crippen LogP contribution < -0.4 is 5.32 Å². The molecule has 108 valence electrons. The molecule has 0 aliphatic carbocycles. The van der Waals surface area contributed by atoms with Crippen LogP contribution in [0.3, 0.4) is 0 Å². The molecule has 3 atom stereocenters. The molecule has 1 fully saturated rings. The largest absolute Gasteiger partial charge is 0.389 e. The predicted octanol–water partition coefficient (Wildman–Crippen LogP) is 1.27. The van der Waals surface area contributed by atoms with Crippen LogP contribution in [-0.4, -0.2) is 61.2 Å². The monoisotopic (exact) mass is 277 g/mol. The third-order valence-corrected chi connectivity index (χ3v) is 4.69. The van der Waals surface area contributed by atoms with Crippen LogP contribution in [0.2, 0.25) is 0 Å². The first kappa shape index (κ1) is 16.2. The first-order valence-electron chi connectivity index (χ1n) is 6.69. The molecule has 1 rings (SSSR count). The van der Waals surface area contributed by atoms with Crippen molar-refractivity contribution in [3.05, 3.63) is 0 Å². The number of ether oxygens (including phenoxy) is 2. The quantitative estimate of drug-likeness (QED) is 0.665. The predicted molar refractivity (Wildman–Crippen MR) is 76.3 cm³/mol. The molecular weight excluding hydrogens is 250 g/mol. The van der Waals surface area contributed by atoms with E-state index in [1.165, 1.54) is 18.6 Å². The SMILES string of the molecule is COCC(C)OCC(O)CNCC1(C)CCCS1. The second kappa shape index (κ2) is 8.38. The van der Waals surface area contributed by atoms with E-state index in [1.54, 1.807) is 7.11 Å². The van der Waals surface area contributed by atoms with Crippen molar-refractivity contribution in [3.8, 4) is 0 Å². The van der Waals surface area contributed by atoms with Gasteiger partial charge in [0.2, 0.25) is 0 Å². The van der Waals surface area contributed by atoms with Crippen molar-refractivity contribution in [1.29, 1.82) is 0 Å². The van der Waals surface area contributed by atoms with Crippen molar-refractivity contribution in [1.82, 2.24) is 5.32 Å². The third-order valence-electron chi connectivity index (χ3n) is 3.15. The van der Waals surface area contributed by atoms with Gasteiger partial charge < -0.3 is 19.9 Å². The lowest BCUT2D eigenvalue weighted by Crippen LogP contribution is -2.39. The minimum atomic E-state index is -0.445. The average Bonchev–Trinajstić information content (AvgIpc) is 2.74. The summed E-state index contributed by atoms with van der Waals surface area (Å²) >= 11 is 2.03. The van der Waals surface area contributed by atoms with Crippen molar-refractivity contribution < 1.29 is 14.6 Å². The summed E-state index contributed by atoms with van der Waals surface area (Å²) in [5.74, 6) is 1.26.